The molecule has 0 amide bonds. The minimum Gasteiger partial charge on any atom is -0.306 e. The van der Waals surface area contributed by atoms with E-state index in [1.807, 2.05) is 0 Å². The van der Waals surface area contributed by atoms with Crippen LogP contribution in [0.25, 0.3) is 0 Å². The molecule has 0 aromatic rings. The lowest BCUT2D eigenvalue weighted by Crippen LogP contribution is -2.63. The molecule has 174 valence electrons. The van der Waals surface area contributed by atoms with Gasteiger partial charge in [0, 0.05) is 22.2 Å². The van der Waals surface area contributed by atoms with E-state index in [2.05, 4.69) is 92.3 Å². The van der Waals surface area contributed by atoms with Crippen molar-refractivity contribution < 1.29 is 0 Å². The van der Waals surface area contributed by atoms with Gasteiger partial charge in [-0.25, -0.2) is 0 Å². The average Bonchev–Trinajstić information content (AvgIpc) is 2.56. The number of piperidine rings is 2. The third-order valence-corrected chi connectivity index (χ3v) is 7.70. The van der Waals surface area contributed by atoms with Gasteiger partial charge in [-0.15, -0.1) is 0 Å². The Morgan fingerprint density at radius 1 is 0.667 bits per heavy atom. The van der Waals surface area contributed by atoms with Crippen LogP contribution in [0, 0.1) is 11.8 Å². The minimum atomic E-state index is 0.134. The van der Waals surface area contributed by atoms with Gasteiger partial charge in [0.1, 0.15) is 0 Å². The molecule has 2 fully saturated rings. The van der Waals surface area contributed by atoms with E-state index in [4.69, 9.17) is 9.98 Å². The maximum Gasteiger partial charge on any atom is 0.0555 e. The van der Waals surface area contributed by atoms with Gasteiger partial charge in [-0.05, 0) is 118 Å². The Bertz CT molecular complexity index is 561. The molecule has 2 aliphatic rings. The molecule has 4 atom stereocenters. The number of hydrogen-bond donors (Lipinski definition) is 2. The summed E-state index contributed by atoms with van der Waals surface area (Å²) in [6.45, 7) is 23.1. The first-order valence-corrected chi connectivity index (χ1v) is 12.3. The highest BCUT2D eigenvalue weighted by atomic mass is 15.1. The van der Waals surface area contributed by atoms with E-state index in [1.54, 1.807) is 0 Å². The summed E-state index contributed by atoms with van der Waals surface area (Å²) in [6, 6.07) is 0.844. The number of rotatable bonds is 7. The molecule has 0 spiro atoms. The lowest BCUT2D eigenvalue weighted by molar-refractivity contribution is 0.103. The number of unbranched alkanes of at least 4 members (excludes halogenated alkanes) is 3. The van der Waals surface area contributed by atoms with E-state index in [-0.39, 0.29) is 22.2 Å². The molecule has 30 heavy (non-hydrogen) atoms. The second-order valence-corrected chi connectivity index (χ2v) is 12.5. The fraction of sp³-hybridized carbons (Fsp3) is 0.923. The van der Waals surface area contributed by atoms with Crippen LogP contribution in [-0.2, 0) is 0 Å². The molecule has 0 bridgehead atoms. The number of hydrogen-bond acceptors (Lipinski definition) is 4. The normalized spacial score (nSPS) is 35.1. The van der Waals surface area contributed by atoms with Gasteiger partial charge in [0.25, 0.3) is 0 Å². The standard InChI is InChI=1S/C26H50N4/c1-19-21(17-23(3,4)29-25(19,7)8)27-15-13-11-12-14-16-28-22-18-24(5,6)30-26(9,10)20(22)2/h15-16,19-22,29-30H,11-14,17-18H2,1-10H3. The van der Waals surface area contributed by atoms with Crippen molar-refractivity contribution in [2.24, 2.45) is 21.8 Å². The fourth-order valence-electron chi connectivity index (χ4n) is 5.69. The van der Waals surface area contributed by atoms with Crippen molar-refractivity contribution in [3.63, 3.8) is 0 Å². The second kappa shape index (κ2) is 9.40. The Balaban J connectivity index is 1.74. The van der Waals surface area contributed by atoms with E-state index in [0.717, 1.165) is 25.7 Å². The van der Waals surface area contributed by atoms with Gasteiger partial charge in [-0.1, -0.05) is 13.8 Å². The van der Waals surface area contributed by atoms with E-state index >= 15 is 0 Å². The third-order valence-electron chi connectivity index (χ3n) is 7.70. The number of aliphatic imine (C=N–C) groups is 2. The van der Waals surface area contributed by atoms with Crippen molar-refractivity contribution in [2.45, 2.75) is 142 Å². The second-order valence-electron chi connectivity index (χ2n) is 12.5. The molecule has 0 saturated carbocycles. The number of nitrogens with one attached hydrogen (secondary N) is 2. The van der Waals surface area contributed by atoms with E-state index in [0.29, 0.717) is 23.9 Å². The van der Waals surface area contributed by atoms with Crippen molar-refractivity contribution in [2.75, 3.05) is 0 Å². The molecule has 4 nitrogen and oxygen atoms in total. The Labute approximate surface area is 187 Å². The summed E-state index contributed by atoms with van der Waals surface area (Å²) in [5, 5.41) is 7.57. The zero-order chi connectivity index (χ0) is 22.8. The van der Waals surface area contributed by atoms with Crippen LogP contribution in [0.5, 0.6) is 0 Å². The highest BCUT2D eigenvalue weighted by molar-refractivity contribution is 5.59. The molecule has 2 rings (SSSR count). The molecule has 4 heteroatoms. The van der Waals surface area contributed by atoms with Gasteiger partial charge in [0.2, 0.25) is 0 Å². The summed E-state index contributed by atoms with van der Waals surface area (Å²) >= 11 is 0. The van der Waals surface area contributed by atoms with Crippen LogP contribution in [0.3, 0.4) is 0 Å². The first kappa shape index (κ1) is 25.5. The Morgan fingerprint density at radius 3 is 1.33 bits per heavy atom. The largest absolute Gasteiger partial charge is 0.306 e. The van der Waals surface area contributed by atoms with Crippen molar-refractivity contribution in [3.8, 4) is 0 Å². The topological polar surface area (TPSA) is 48.8 Å². The highest BCUT2D eigenvalue weighted by Crippen LogP contribution is 2.36. The molecule has 0 aromatic carbocycles. The van der Waals surface area contributed by atoms with Crippen LogP contribution >= 0.6 is 0 Å². The third kappa shape index (κ3) is 6.88. The quantitative estimate of drug-likeness (QED) is 0.405. The van der Waals surface area contributed by atoms with Crippen molar-refractivity contribution >= 4 is 12.4 Å². The van der Waals surface area contributed by atoms with Gasteiger partial charge in [-0.3, -0.25) is 9.98 Å². The lowest BCUT2D eigenvalue weighted by atomic mass is 9.72. The Hall–Kier alpha value is -0.740. The molecule has 0 aromatic heterocycles. The molecule has 0 radical (unpaired) electrons. The molecule has 2 N–H and O–H groups in total. The van der Waals surface area contributed by atoms with Crippen LogP contribution in [0.2, 0.25) is 0 Å². The van der Waals surface area contributed by atoms with Gasteiger partial charge in [0.15, 0.2) is 0 Å². The first-order chi connectivity index (χ1) is 13.7. The summed E-state index contributed by atoms with van der Waals surface area (Å²) in [6.07, 6.45) is 11.2. The smallest absolute Gasteiger partial charge is 0.0555 e. The maximum atomic E-state index is 4.98. The van der Waals surface area contributed by atoms with E-state index < -0.39 is 0 Å². The van der Waals surface area contributed by atoms with Gasteiger partial charge < -0.3 is 10.6 Å². The molecule has 0 aliphatic carbocycles. The molecule has 4 unspecified atom stereocenters. The summed E-state index contributed by atoms with van der Waals surface area (Å²) in [7, 11) is 0. The maximum absolute atomic E-state index is 4.98. The van der Waals surface area contributed by atoms with Gasteiger partial charge >= 0.3 is 0 Å². The average molecular weight is 419 g/mol. The summed E-state index contributed by atoms with van der Waals surface area (Å²) in [5.74, 6) is 1.10. The van der Waals surface area contributed by atoms with Crippen LogP contribution < -0.4 is 10.6 Å². The van der Waals surface area contributed by atoms with Gasteiger partial charge in [-0.2, -0.15) is 0 Å². The SMILES string of the molecule is CC1C(N=CCCCCC=NC2CC(C)(C)NC(C)(C)C2C)CC(C)(C)NC1(C)C. The summed E-state index contributed by atoms with van der Waals surface area (Å²) in [5.41, 5.74) is 0.580. The van der Waals surface area contributed by atoms with Crippen molar-refractivity contribution in [1.82, 2.24) is 10.6 Å². The minimum absolute atomic E-state index is 0.134. The highest BCUT2D eigenvalue weighted by Gasteiger charge is 2.44. The fourth-order valence-corrected chi connectivity index (χ4v) is 5.69. The van der Waals surface area contributed by atoms with Crippen molar-refractivity contribution in [3.05, 3.63) is 0 Å². The molecule has 2 aliphatic heterocycles. The predicted molar refractivity (Wildman–Crippen MR) is 133 cm³/mol. The van der Waals surface area contributed by atoms with E-state index in [9.17, 15) is 0 Å². The summed E-state index contributed by atoms with van der Waals surface area (Å²) < 4.78 is 0. The molecule has 2 heterocycles. The zero-order valence-corrected chi connectivity index (χ0v) is 21.6. The summed E-state index contributed by atoms with van der Waals surface area (Å²) in [4.78, 5) is 9.97. The monoisotopic (exact) mass is 418 g/mol. The van der Waals surface area contributed by atoms with Crippen LogP contribution in [0.4, 0.5) is 0 Å². The molecular weight excluding hydrogens is 368 g/mol. The zero-order valence-electron chi connectivity index (χ0n) is 21.6. The van der Waals surface area contributed by atoms with Crippen LogP contribution in [0.1, 0.15) is 108 Å². The van der Waals surface area contributed by atoms with Gasteiger partial charge in [0.05, 0.1) is 12.1 Å². The Kier molecular flexibility index (Phi) is 8.00. The number of nitrogens with zero attached hydrogens (tertiary/aromatic N) is 2. The lowest BCUT2D eigenvalue weighted by Gasteiger charge is -2.49. The van der Waals surface area contributed by atoms with Crippen LogP contribution in [-0.4, -0.2) is 46.7 Å². The van der Waals surface area contributed by atoms with Crippen LogP contribution in [0.15, 0.2) is 9.98 Å². The predicted octanol–water partition coefficient (Wildman–Crippen LogP) is 5.80. The molecule has 2 saturated heterocycles. The molecular formula is C26H50N4. The Morgan fingerprint density at radius 2 is 1.00 bits per heavy atom. The van der Waals surface area contributed by atoms with Crippen molar-refractivity contribution in [1.29, 1.82) is 0 Å². The van der Waals surface area contributed by atoms with E-state index in [1.165, 1.54) is 12.8 Å². The first-order valence-electron chi connectivity index (χ1n) is 12.3.